The van der Waals surface area contributed by atoms with Gasteiger partial charge in [-0.05, 0) is 53.4 Å². The van der Waals surface area contributed by atoms with Crippen molar-refractivity contribution in [1.82, 2.24) is 4.90 Å². The standard InChI is InChI=1S/C16H15F3N2OS/c17-16(18,19)12-2-1-3-13(8-12)20-15(22)21(14-4-5-14)9-11-6-7-23-10-11/h1-3,6-8,10,14H,4-5,9H2,(H,20,22). The van der Waals surface area contributed by atoms with Crippen molar-refractivity contribution in [2.75, 3.05) is 5.32 Å². The largest absolute Gasteiger partial charge is 0.416 e. The van der Waals surface area contributed by atoms with E-state index in [1.807, 2.05) is 16.8 Å². The molecule has 0 saturated heterocycles. The number of hydrogen-bond acceptors (Lipinski definition) is 2. The van der Waals surface area contributed by atoms with Crippen molar-refractivity contribution in [2.24, 2.45) is 0 Å². The lowest BCUT2D eigenvalue weighted by atomic mass is 10.2. The number of hydrogen-bond donors (Lipinski definition) is 1. The minimum Gasteiger partial charge on any atom is -0.317 e. The molecule has 23 heavy (non-hydrogen) atoms. The average molecular weight is 340 g/mol. The van der Waals surface area contributed by atoms with E-state index in [0.717, 1.165) is 30.5 Å². The van der Waals surface area contributed by atoms with Gasteiger partial charge in [0.2, 0.25) is 0 Å². The van der Waals surface area contributed by atoms with E-state index in [4.69, 9.17) is 0 Å². The second kappa shape index (κ2) is 6.23. The van der Waals surface area contributed by atoms with E-state index in [2.05, 4.69) is 5.32 Å². The van der Waals surface area contributed by atoms with Crippen molar-refractivity contribution in [1.29, 1.82) is 0 Å². The third kappa shape index (κ3) is 4.04. The first-order valence-electron chi connectivity index (χ1n) is 7.19. The number of carbonyl (C=O) groups is 1. The van der Waals surface area contributed by atoms with Gasteiger partial charge in [-0.2, -0.15) is 24.5 Å². The van der Waals surface area contributed by atoms with Gasteiger partial charge in [-0.25, -0.2) is 4.79 Å². The Morgan fingerprint density at radius 3 is 2.70 bits per heavy atom. The normalized spacial score (nSPS) is 14.6. The Balaban J connectivity index is 1.72. The molecule has 3 rings (SSSR count). The van der Waals surface area contributed by atoms with Crippen LogP contribution in [0, 0.1) is 0 Å². The van der Waals surface area contributed by atoms with Crippen LogP contribution in [0.5, 0.6) is 0 Å². The van der Waals surface area contributed by atoms with Gasteiger partial charge in [-0.15, -0.1) is 0 Å². The summed E-state index contributed by atoms with van der Waals surface area (Å²) >= 11 is 1.55. The lowest BCUT2D eigenvalue weighted by Gasteiger charge is -2.22. The first-order chi connectivity index (χ1) is 10.9. The molecule has 0 spiro atoms. The maximum absolute atomic E-state index is 12.7. The van der Waals surface area contributed by atoms with Crippen LogP contribution < -0.4 is 5.32 Å². The molecule has 1 aliphatic carbocycles. The van der Waals surface area contributed by atoms with Crippen molar-refractivity contribution in [3.05, 3.63) is 52.2 Å². The monoisotopic (exact) mass is 340 g/mol. The van der Waals surface area contributed by atoms with Gasteiger partial charge >= 0.3 is 12.2 Å². The molecule has 0 bridgehead atoms. The summed E-state index contributed by atoms with van der Waals surface area (Å²) in [6, 6.07) is 6.44. The zero-order valence-corrected chi connectivity index (χ0v) is 13.0. The van der Waals surface area contributed by atoms with E-state index in [0.29, 0.717) is 6.54 Å². The Morgan fingerprint density at radius 2 is 2.09 bits per heavy atom. The molecule has 1 aromatic heterocycles. The minimum absolute atomic E-state index is 0.154. The highest BCUT2D eigenvalue weighted by Crippen LogP contribution is 2.32. The number of nitrogens with zero attached hydrogens (tertiary/aromatic N) is 1. The van der Waals surface area contributed by atoms with Gasteiger partial charge in [0.15, 0.2) is 0 Å². The fourth-order valence-electron chi connectivity index (χ4n) is 2.30. The number of amides is 2. The number of rotatable bonds is 4. The molecule has 1 heterocycles. The zero-order valence-electron chi connectivity index (χ0n) is 12.1. The Labute approximate surface area is 135 Å². The summed E-state index contributed by atoms with van der Waals surface area (Å²) in [6.45, 7) is 0.471. The van der Waals surface area contributed by atoms with Gasteiger partial charge in [0.25, 0.3) is 0 Å². The highest BCUT2D eigenvalue weighted by Gasteiger charge is 2.33. The number of thiophene rings is 1. The molecule has 0 radical (unpaired) electrons. The summed E-state index contributed by atoms with van der Waals surface area (Å²) in [5, 5.41) is 6.48. The molecule has 0 aliphatic heterocycles. The van der Waals surface area contributed by atoms with E-state index in [1.54, 1.807) is 16.2 Å². The fourth-order valence-corrected chi connectivity index (χ4v) is 2.96. The number of anilines is 1. The molecule has 1 saturated carbocycles. The first kappa shape index (κ1) is 15.9. The van der Waals surface area contributed by atoms with Gasteiger partial charge in [-0.1, -0.05) is 6.07 Å². The quantitative estimate of drug-likeness (QED) is 0.838. The number of carbonyl (C=O) groups excluding carboxylic acids is 1. The number of urea groups is 1. The maximum Gasteiger partial charge on any atom is 0.416 e. The van der Waals surface area contributed by atoms with Crippen molar-refractivity contribution >= 4 is 23.1 Å². The van der Waals surface area contributed by atoms with Crippen molar-refractivity contribution in [3.8, 4) is 0 Å². The van der Waals surface area contributed by atoms with E-state index in [1.165, 1.54) is 12.1 Å². The SMILES string of the molecule is O=C(Nc1cccc(C(F)(F)F)c1)N(Cc1ccsc1)C1CC1. The third-order valence-corrected chi connectivity index (χ3v) is 4.35. The molecule has 1 aromatic carbocycles. The molecule has 122 valence electrons. The molecule has 7 heteroatoms. The molecule has 2 aromatic rings. The molecule has 3 nitrogen and oxygen atoms in total. The van der Waals surface area contributed by atoms with Gasteiger partial charge in [0.1, 0.15) is 0 Å². The molecule has 0 unspecified atom stereocenters. The van der Waals surface area contributed by atoms with Crippen LogP contribution in [0.15, 0.2) is 41.1 Å². The van der Waals surface area contributed by atoms with Gasteiger partial charge in [0.05, 0.1) is 5.56 Å². The van der Waals surface area contributed by atoms with E-state index in [9.17, 15) is 18.0 Å². The number of halogens is 3. The lowest BCUT2D eigenvalue weighted by Crippen LogP contribution is -2.36. The van der Waals surface area contributed by atoms with Crippen molar-refractivity contribution < 1.29 is 18.0 Å². The Bertz CT molecular complexity index is 681. The zero-order chi connectivity index (χ0) is 16.4. The van der Waals surface area contributed by atoms with E-state index < -0.39 is 11.7 Å². The number of alkyl halides is 3. The topological polar surface area (TPSA) is 32.3 Å². The Kier molecular flexibility index (Phi) is 4.30. The van der Waals surface area contributed by atoms with Gasteiger partial charge in [-0.3, -0.25) is 0 Å². The van der Waals surface area contributed by atoms with Crippen LogP contribution in [-0.2, 0) is 12.7 Å². The smallest absolute Gasteiger partial charge is 0.317 e. The fraction of sp³-hybridized carbons (Fsp3) is 0.312. The molecular weight excluding hydrogens is 325 g/mol. The van der Waals surface area contributed by atoms with Crippen LogP contribution in [-0.4, -0.2) is 17.0 Å². The van der Waals surface area contributed by atoms with Crippen LogP contribution in [0.2, 0.25) is 0 Å². The van der Waals surface area contributed by atoms with Gasteiger partial charge in [0, 0.05) is 18.3 Å². The number of nitrogens with one attached hydrogen (secondary N) is 1. The molecule has 2 amide bonds. The van der Waals surface area contributed by atoms with Crippen molar-refractivity contribution in [2.45, 2.75) is 31.6 Å². The Hall–Kier alpha value is -2.02. The van der Waals surface area contributed by atoms with E-state index in [-0.39, 0.29) is 17.8 Å². The summed E-state index contributed by atoms with van der Waals surface area (Å²) in [5.41, 5.74) is 0.410. The summed E-state index contributed by atoms with van der Waals surface area (Å²) in [5.74, 6) is 0. The molecule has 0 atom stereocenters. The predicted molar refractivity (Wildman–Crippen MR) is 83.3 cm³/mol. The van der Waals surface area contributed by atoms with Crippen LogP contribution >= 0.6 is 11.3 Å². The van der Waals surface area contributed by atoms with Gasteiger partial charge < -0.3 is 10.2 Å². The summed E-state index contributed by atoms with van der Waals surface area (Å²) in [6.07, 6.45) is -2.56. The second-order valence-electron chi connectivity index (χ2n) is 5.50. The van der Waals surface area contributed by atoms with Crippen LogP contribution in [0.4, 0.5) is 23.7 Å². The first-order valence-corrected chi connectivity index (χ1v) is 8.14. The molecule has 1 N–H and O–H groups in total. The highest BCUT2D eigenvalue weighted by molar-refractivity contribution is 7.07. The number of benzene rings is 1. The van der Waals surface area contributed by atoms with Crippen molar-refractivity contribution in [3.63, 3.8) is 0 Å². The Morgan fingerprint density at radius 1 is 1.30 bits per heavy atom. The molecule has 1 fully saturated rings. The van der Waals surface area contributed by atoms with Crippen LogP contribution in [0.3, 0.4) is 0 Å². The lowest BCUT2D eigenvalue weighted by molar-refractivity contribution is -0.137. The third-order valence-electron chi connectivity index (χ3n) is 3.62. The summed E-state index contributed by atoms with van der Waals surface area (Å²) in [4.78, 5) is 14.1. The predicted octanol–water partition coefficient (Wildman–Crippen LogP) is 4.96. The van der Waals surface area contributed by atoms with E-state index >= 15 is 0 Å². The molecular formula is C16H15F3N2OS. The summed E-state index contributed by atoms with van der Waals surface area (Å²) < 4.78 is 38.2. The molecule has 1 aliphatic rings. The van der Waals surface area contributed by atoms with Crippen LogP contribution in [0.25, 0.3) is 0 Å². The second-order valence-corrected chi connectivity index (χ2v) is 6.28. The van der Waals surface area contributed by atoms with Crippen LogP contribution in [0.1, 0.15) is 24.0 Å². The minimum atomic E-state index is -4.42. The average Bonchev–Trinajstić information content (AvgIpc) is 3.20. The highest BCUT2D eigenvalue weighted by atomic mass is 32.1. The maximum atomic E-state index is 12.7. The summed E-state index contributed by atoms with van der Waals surface area (Å²) in [7, 11) is 0.